The molecule has 1 N–H and O–H groups in total. The minimum absolute atomic E-state index is 0.125. The molecule has 2 heterocycles. The molecule has 10 heteroatoms. The van der Waals surface area contributed by atoms with Crippen LogP contribution in [0.1, 0.15) is 49.6 Å². The number of alkyl halides is 3. The molecule has 0 unspecified atom stereocenters. The minimum atomic E-state index is -4.60. The number of pyridine rings is 1. The molecule has 0 saturated carbocycles. The van der Waals surface area contributed by atoms with Gasteiger partial charge in [0.15, 0.2) is 5.65 Å². The summed E-state index contributed by atoms with van der Waals surface area (Å²) in [5.74, 6) is -2.08. The highest BCUT2D eigenvalue weighted by Crippen LogP contribution is 2.34. The number of ether oxygens (including phenoxy) is 1. The van der Waals surface area contributed by atoms with Gasteiger partial charge in [-0.15, -0.1) is 0 Å². The van der Waals surface area contributed by atoms with Crippen LogP contribution in [0, 0.1) is 0 Å². The van der Waals surface area contributed by atoms with Gasteiger partial charge in [-0.1, -0.05) is 25.4 Å². The topological polar surface area (TPSA) is 80.9 Å². The molecule has 2 rings (SSSR count). The smallest absolute Gasteiger partial charge is 0.417 e. The highest BCUT2D eigenvalue weighted by atomic mass is 35.5. The van der Waals surface area contributed by atoms with Crippen molar-refractivity contribution in [2.75, 3.05) is 0 Å². The van der Waals surface area contributed by atoms with E-state index in [0.717, 1.165) is 16.7 Å². The molecule has 0 aromatic carbocycles. The Morgan fingerprint density at radius 2 is 2.00 bits per heavy atom. The van der Waals surface area contributed by atoms with Crippen molar-refractivity contribution in [2.24, 2.45) is 0 Å². The van der Waals surface area contributed by atoms with Crippen LogP contribution < -0.4 is 0 Å². The molecule has 0 amide bonds. The molecule has 0 aliphatic rings. The van der Waals surface area contributed by atoms with Gasteiger partial charge in [0.25, 0.3) is 0 Å². The Morgan fingerprint density at radius 1 is 1.35 bits per heavy atom. The molecular formula is C16H16ClF3N2O4. The summed E-state index contributed by atoms with van der Waals surface area (Å²) < 4.78 is 45.3. The number of nitrogens with zero attached hydrogens (tertiary/aromatic N) is 2. The third-order valence-corrected chi connectivity index (χ3v) is 3.87. The van der Waals surface area contributed by atoms with E-state index in [1.54, 1.807) is 13.8 Å². The predicted octanol–water partition coefficient (Wildman–Crippen LogP) is 4.04. The number of carbonyl (C=O) groups is 2. The van der Waals surface area contributed by atoms with Gasteiger partial charge in [0, 0.05) is 6.20 Å². The number of rotatable bonds is 6. The van der Waals surface area contributed by atoms with E-state index in [0.29, 0.717) is 5.69 Å². The Labute approximate surface area is 151 Å². The van der Waals surface area contributed by atoms with E-state index in [-0.39, 0.29) is 35.3 Å². The fraction of sp³-hybridized carbons (Fsp3) is 0.438. The fourth-order valence-electron chi connectivity index (χ4n) is 2.36. The second kappa shape index (κ2) is 7.53. The molecule has 0 radical (unpaired) electrons. The first-order valence-corrected chi connectivity index (χ1v) is 8.03. The standard InChI is InChI=1S/C16H16ClF3N2O4/c1-8(2)14-11(7-26-13(25)4-3-12(23)24)22-6-9(16(18,19)20)5-10(17)15(22)21-14/h5-6,8H,3-4,7H2,1-2H3,(H,23,24). The van der Waals surface area contributed by atoms with E-state index in [4.69, 9.17) is 21.4 Å². The number of imidazole rings is 1. The molecule has 0 aliphatic heterocycles. The lowest BCUT2D eigenvalue weighted by Gasteiger charge is -2.11. The summed E-state index contributed by atoms with van der Waals surface area (Å²) in [5.41, 5.74) is -0.134. The third-order valence-electron chi connectivity index (χ3n) is 3.59. The van der Waals surface area contributed by atoms with Crippen LogP contribution in [0.5, 0.6) is 0 Å². The summed E-state index contributed by atoms with van der Waals surface area (Å²) >= 11 is 5.95. The van der Waals surface area contributed by atoms with Crippen LogP contribution in [0.2, 0.25) is 5.02 Å². The van der Waals surface area contributed by atoms with Crippen LogP contribution in [0.25, 0.3) is 5.65 Å². The van der Waals surface area contributed by atoms with Crippen molar-refractivity contribution < 1.29 is 32.6 Å². The molecule has 0 bridgehead atoms. The van der Waals surface area contributed by atoms with Gasteiger partial charge in [0.1, 0.15) is 6.61 Å². The number of aromatic nitrogens is 2. The summed E-state index contributed by atoms with van der Waals surface area (Å²) in [4.78, 5) is 26.4. The Kier molecular flexibility index (Phi) is 5.80. The highest BCUT2D eigenvalue weighted by Gasteiger charge is 2.32. The van der Waals surface area contributed by atoms with E-state index >= 15 is 0 Å². The Bertz CT molecular complexity index is 846. The molecule has 0 fully saturated rings. The van der Waals surface area contributed by atoms with Crippen molar-refractivity contribution >= 4 is 29.2 Å². The quantitative estimate of drug-likeness (QED) is 0.750. The number of hydrogen-bond acceptors (Lipinski definition) is 4. The van der Waals surface area contributed by atoms with Gasteiger partial charge >= 0.3 is 18.1 Å². The maximum Gasteiger partial charge on any atom is 0.417 e. The van der Waals surface area contributed by atoms with Crippen LogP contribution in [0.4, 0.5) is 13.2 Å². The number of hydrogen-bond donors (Lipinski definition) is 1. The fourth-order valence-corrected chi connectivity index (χ4v) is 2.61. The van der Waals surface area contributed by atoms with Gasteiger partial charge in [-0.3, -0.25) is 14.0 Å². The summed E-state index contributed by atoms with van der Waals surface area (Å²) in [6, 6.07) is 0.788. The van der Waals surface area contributed by atoms with Crippen molar-refractivity contribution in [3.63, 3.8) is 0 Å². The Balaban J connectivity index is 2.42. The van der Waals surface area contributed by atoms with Crippen LogP contribution >= 0.6 is 11.6 Å². The lowest BCUT2D eigenvalue weighted by molar-refractivity contribution is -0.148. The normalized spacial score (nSPS) is 12.0. The predicted molar refractivity (Wildman–Crippen MR) is 86.0 cm³/mol. The molecule has 142 valence electrons. The van der Waals surface area contributed by atoms with Crippen LogP contribution in [-0.4, -0.2) is 26.4 Å². The van der Waals surface area contributed by atoms with E-state index in [2.05, 4.69) is 4.98 Å². The van der Waals surface area contributed by atoms with E-state index in [1.807, 2.05) is 0 Å². The lowest BCUT2D eigenvalue weighted by atomic mass is 10.1. The molecular weight excluding hydrogens is 377 g/mol. The lowest BCUT2D eigenvalue weighted by Crippen LogP contribution is -2.11. The second-order valence-corrected chi connectivity index (χ2v) is 6.33. The molecule has 0 spiro atoms. The molecule has 2 aromatic rings. The van der Waals surface area contributed by atoms with Gasteiger partial charge in [-0.25, -0.2) is 4.98 Å². The molecule has 26 heavy (non-hydrogen) atoms. The van der Waals surface area contributed by atoms with Gasteiger partial charge in [-0.2, -0.15) is 13.2 Å². The molecule has 0 aliphatic carbocycles. The summed E-state index contributed by atoms with van der Waals surface area (Å²) in [6.45, 7) is 3.23. The Hall–Kier alpha value is -2.29. The first-order chi connectivity index (χ1) is 12.0. The number of fused-ring (bicyclic) bond motifs is 1. The van der Waals surface area contributed by atoms with Crippen molar-refractivity contribution in [2.45, 2.75) is 45.4 Å². The summed E-state index contributed by atoms with van der Waals surface area (Å²) in [5, 5.41) is 8.39. The number of aliphatic carboxylic acids is 1. The SMILES string of the molecule is CC(C)c1nc2c(Cl)cc(C(F)(F)F)cn2c1COC(=O)CCC(=O)O. The zero-order valence-electron chi connectivity index (χ0n) is 13.9. The van der Waals surface area contributed by atoms with Crippen molar-refractivity contribution in [3.8, 4) is 0 Å². The Morgan fingerprint density at radius 3 is 2.54 bits per heavy atom. The number of halogens is 4. The summed E-state index contributed by atoms with van der Waals surface area (Å²) in [7, 11) is 0. The van der Waals surface area contributed by atoms with Crippen LogP contribution in [0.15, 0.2) is 12.3 Å². The first kappa shape index (κ1) is 20.0. The van der Waals surface area contributed by atoms with Gasteiger partial charge in [0.05, 0.1) is 34.8 Å². The van der Waals surface area contributed by atoms with E-state index in [1.165, 1.54) is 0 Å². The number of esters is 1. The molecule has 2 aromatic heterocycles. The largest absolute Gasteiger partial charge is 0.481 e. The van der Waals surface area contributed by atoms with Crippen LogP contribution in [0.3, 0.4) is 0 Å². The minimum Gasteiger partial charge on any atom is -0.481 e. The average Bonchev–Trinajstić information content (AvgIpc) is 2.89. The van der Waals surface area contributed by atoms with Crippen molar-refractivity contribution in [3.05, 3.63) is 34.2 Å². The number of carboxylic acids is 1. The third kappa shape index (κ3) is 4.46. The van der Waals surface area contributed by atoms with E-state index < -0.39 is 30.1 Å². The average molecular weight is 393 g/mol. The summed E-state index contributed by atoms with van der Waals surface area (Å²) in [6.07, 6.45) is -4.49. The van der Waals surface area contributed by atoms with Crippen molar-refractivity contribution in [1.29, 1.82) is 0 Å². The van der Waals surface area contributed by atoms with Crippen LogP contribution in [-0.2, 0) is 27.1 Å². The second-order valence-electron chi connectivity index (χ2n) is 5.92. The maximum atomic E-state index is 13.0. The zero-order valence-corrected chi connectivity index (χ0v) is 14.7. The van der Waals surface area contributed by atoms with Gasteiger partial charge < -0.3 is 9.84 Å². The first-order valence-electron chi connectivity index (χ1n) is 7.65. The van der Waals surface area contributed by atoms with Gasteiger partial charge in [0.2, 0.25) is 0 Å². The molecule has 0 atom stereocenters. The zero-order chi connectivity index (χ0) is 19.6. The number of carbonyl (C=O) groups excluding carboxylic acids is 1. The monoisotopic (exact) mass is 392 g/mol. The molecule has 0 saturated heterocycles. The van der Waals surface area contributed by atoms with E-state index in [9.17, 15) is 22.8 Å². The van der Waals surface area contributed by atoms with Gasteiger partial charge in [-0.05, 0) is 12.0 Å². The molecule has 6 nitrogen and oxygen atoms in total. The maximum absolute atomic E-state index is 13.0. The number of carboxylic acid groups (broad SMARTS) is 1. The highest BCUT2D eigenvalue weighted by molar-refractivity contribution is 6.33. The van der Waals surface area contributed by atoms with Crippen molar-refractivity contribution in [1.82, 2.24) is 9.38 Å².